The first-order chi connectivity index (χ1) is 14.9. The number of ether oxygens (including phenoxy) is 1. The highest BCUT2D eigenvalue weighted by atomic mass is 32.2. The number of hydrogen-bond acceptors (Lipinski definition) is 6. The van der Waals surface area contributed by atoms with Gasteiger partial charge in [-0.1, -0.05) is 6.07 Å². The minimum absolute atomic E-state index is 0.0338. The van der Waals surface area contributed by atoms with Crippen LogP contribution in [0.15, 0.2) is 59.8 Å². The monoisotopic (exact) mass is 454 g/mol. The number of aryl methyl sites for hydroxylation is 2. The predicted molar refractivity (Wildman–Crippen MR) is 122 cm³/mol. The highest BCUT2D eigenvalue weighted by Crippen LogP contribution is 2.25. The molecule has 0 saturated heterocycles. The molecule has 0 atom stereocenters. The van der Waals surface area contributed by atoms with Gasteiger partial charge in [-0.25, -0.2) is 23.1 Å². The first-order valence-electron chi connectivity index (χ1n) is 9.96. The fraction of sp³-hybridized carbons (Fsp3) is 0.261. The first-order valence-corrected chi connectivity index (χ1v) is 11.4. The number of anilines is 1. The Kier molecular flexibility index (Phi) is 6.61. The average Bonchev–Trinajstić information content (AvgIpc) is 2.69. The number of amides is 1. The van der Waals surface area contributed by atoms with Gasteiger partial charge in [0.15, 0.2) is 0 Å². The molecule has 0 unspecified atom stereocenters. The number of hydrogen-bond donors (Lipinski definition) is 2. The second kappa shape index (κ2) is 9.05. The van der Waals surface area contributed by atoms with Crippen molar-refractivity contribution >= 4 is 21.6 Å². The van der Waals surface area contributed by atoms with Gasteiger partial charge in [0.1, 0.15) is 5.75 Å². The number of rotatable bonds is 6. The highest BCUT2D eigenvalue weighted by molar-refractivity contribution is 7.89. The predicted octanol–water partition coefficient (Wildman–Crippen LogP) is 4.21. The molecule has 0 bridgehead atoms. The van der Waals surface area contributed by atoms with Crippen molar-refractivity contribution in [3.63, 3.8) is 0 Å². The van der Waals surface area contributed by atoms with Crippen molar-refractivity contribution in [1.29, 1.82) is 0 Å². The van der Waals surface area contributed by atoms with E-state index in [-0.39, 0.29) is 16.5 Å². The molecule has 0 fully saturated rings. The van der Waals surface area contributed by atoms with Crippen LogP contribution in [-0.4, -0.2) is 29.8 Å². The van der Waals surface area contributed by atoms with Gasteiger partial charge < -0.3 is 10.1 Å². The van der Waals surface area contributed by atoms with Crippen molar-refractivity contribution in [1.82, 2.24) is 14.7 Å². The number of carbonyl (C=O) groups excluding carboxylic acids is 1. The van der Waals surface area contributed by atoms with E-state index in [0.29, 0.717) is 17.0 Å². The van der Waals surface area contributed by atoms with E-state index in [1.165, 1.54) is 12.1 Å². The Balaban J connectivity index is 1.81. The summed E-state index contributed by atoms with van der Waals surface area (Å²) in [4.78, 5) is 21.0. The maximum Gasteiger partial charge on any atom is 0.321 e. The second-order valence-corrected chi connectivity index (χ2v) is 10.1. The molecule has 0 radical (unpaired) electrons. The normalized spacial score (nSPS) is 11.8. The van der Waals surface area contributed by atoms with Gasteiger partial charge in [-0.15, -0.1) is 0 Å². The highest BCUT2D eigenvalue weighted by Gasteiger charge is 2.23. The lowest BCUT2D eigenvalue weighted by Crippen LogP contribution is -2.40. The molecule has 32 heavy (non-hydrogen) atoms. The molecule has 2 N–H and O–H groups in total. The van der Waals surface area contributed by atoms with E-state index in [9.17, 15) is 13.2 Å². The van der Waals surface area contributed by atoms with Crippen molar-refractivity contribution < 1.29 is 17.9 Å². The maximum absolute atomic E-state index is 12.9. The molecule has 168 valence electrons. The van der Waals surface area contributed by atoms with Crippen LogP contribution in [0.2, 0.25) is 0 Å². The Morgan fingerprint density at radius 1 is 0.969 bits per heavy atom. The van der Waals surface area contributed by atoms with E-state index < -0.39 is 21.5 Å². The molecule has 0 aliphatic rings. The van der Waals surface area contributed by atoms with Crippen LogP contribution in [0.1, 0.15) is 42.3 Å². The van der Waals surface area contributed by atoms with Gasteiger partial charge >= 0.3 is 6.01 Å². The van der Waals surface area contributed by atoms with E-state index in [1.807, 2.05) is 6.92 Å². The van der Waals surface area contributed by atoms with Gasteiger partial charge in [0.2, 0.25) is 10.0 Å². The molecule has 0 aliphatic heterocycles. The summed E-state index contributed by atoms with van der Waals surface area (Å²) in [6.45, 7) is 8.85. The molecule has 3 rings (SSSR count). The minimum Gasteiger partial charge on any atom is -0.424 e. The topological polar surface area (TPSA) is 110 Å². The summed E-state index contributed by atoms with van der Waals surface area (Å²) >= 11 is 0. The van der Waals surface area contributed by atoms with Crippen LogP contribution >= 0.6 is 0 Å². The van der Waals surface area contributed by atoms with Crippen LogP contribution in [0, 0.1) is 13.8 Å². The molecule has 1 amide bonds. The third kappa shape index (κ3) is 5.89. The largest absolute Gasteiger partial charge is 0.424 e. The van der Waals surface area contributed by atoms with Gasteiger partial charge in [0.25, 0.3) is 5.91 Å². The molecular weight excluding hydrogens is 428 g/mol. The zero-order valence-electron chi connectivity index (χ0n) is 18.6. The van der Waals surface area contributed by atoms with Crippen molar-refractivity contribution in [2.75, 3.05) is 5.32 Å². The minimum atomic E-state index is -3.77. The summed E-state index contributed by atoms with van der Waals surface area (Å²) < 4.78 is 33.5. The SMILES string of the molecule is Cc1cc(Oc2ncccn2)ccc1NC(=O)c1cc(S(=O)(=O)NC(C)(C)C)ccc1C. The van der Waals surface area contributed by atoms with Gasteiger partial charge in [0, 0.05) is 29.2 Å². The van der Waals surface area contributed by atoms with Crippen LogP contribution < -0.4 is 14.8 Å². The lowest BCUT2D eigenvalue weighted by Gasteiger charge is -2.21. The summed E-state index contributed by atoms with van der Waals surface area (Å²) in [6, 6.07) is 11.6. The van der Waals surface area contributed by atoms with E-state index in [4.69, 9.17) is 4.74 Å². The number of aromatic nitrogens is 2. The third-order valence-corrected chi connectivity index (χ3v) is 6.16. The molecule has 0 saturated carbocycles. The molecular formula is C23H26N4O4S. The number of nitrogens with one attached hydrogen (secondary N) is 2. The Bertz CT molecular complexity index is 1240. The van der Waals surface area contributed by atoms with Crippen LogP contribution in [0.3, 0.4) is 0 Å². The standard InChI is InChI=1S/C23H26N4O4S/c1-15-7-9-18(32(29,30)27-23(3,4)5)14-19(15)21(28)26-20-10-8-17(13-16(20)2)31-22-24-11-6-12-25-22/h6-14,27H,1-5H3,(H,26,28). The molecule has 3 aromatic rings. The summed E-state index contributed by atoms with van der Waals surface area (Å²) in [7, 11) is -3.77. The van der Waals surface area contributed by atoms with E-state index in [1.54, 1.807) is 70.4 Å². The Morgan fingerprint density at radius 3 is 2.28 bits per heavy atom. The zero-order valence-corrected chi connectivity index (χ0v) is 19.4. The number of nitrogens with zero attached hydrogens (tertiary/aromatic N) is 2. The van der Waals surface area contributed by atoms with Crippen molar-refractivity contribution in [3.8, 4) is 11.8 Å². The number of carbonyl (C=O) groups is 1. The summed E-state index contributed by atoms with van der Waals surface area (Å²) in [5, 5.41) is 2.84. The Hall–Kier alpha value is -3.30. The molecule has 1 heterocycles. The second-order valence-electron chi connectivity index (χ2n) is 8.40. The maximum atomic E-state index is 12.9. The summed E-state index contributed by atoms with van der Waals surface area (Å²) in [5.74, 6) is 0.127. The van der Waals surface area contributed by atoms with E-state index >= 15 is 0 Å². The molecule has 2 aromatic carbocycles. The molecule has 1 aromatic heterocycles. The molecule has 9 heteroatoms. The van der Waals surface area contributed by atoms with Crippen LogP contribution in [0.5, 0.6) is 11.8 Å². The Morgan fingerprint density at radius 2 is 1.66 bits per heavy atom. The van der Waals surface area contributed by atoms with Gasteiger partial charge in [-0.3, -0.25) is 4.79 Å². The Labute approximate surface area is 188 Å². The molecule has 0 aliphatic carbocycles. The fourth-order valence-corrected chi connectivity index (χ4v) is 4.39. The van der Waals surface area contributed by atoms with Crippen LogP contribution in [0.25, 0.3) is 0 Å². The average molecular weight is 455 g/mol. The molecule has 0 spiro atoms. The van der Waals surface area contributed by atoms with E-state index in [2.05, 4.69) is 20.0 Å². The summed E-state index contributed by atoms with van der Waals surface area (Å²) in [6.07, 6.45) is 3.16. The summed E-state index contributed by atoms with van der Waals surface area (Å²) in [5.41, 5.74) is 1.65. The van der Waals surface area contributed by atoms with Gasteiger partial charge in [0.05, 0.1) is 4.90 Å². The lowest BCUT2D eigenvalue weighted by atomic mass is 10.1. The quantitative estimate of drug-likeness (QED) is 0.577. The van der Waals surface area contributed by atoms with Crippen molar-refractivity contribution in [3.05, 3.63) is 71.5 Å². The van der Waals surface area contributed by atoms with Gasteiger partial charge in [-0.2, -0.15) is 0 Å². The fourth-order valence-electron chi connectivity index (χ4n) is 2.95. The van der Waals surface area contributed by atoms with Crippen LogP contribution in [0.4, 0.5) is 5.69 Å². The first kappa shape index (κ1) is 23.4. The van der Waals surface area contributed by atoms with Crippen molar-refractivity contribution in [2.45, 2.75) is 45.1 Å². The smallest absolute Gasteiger partial charge is 0.321 e. The number of benzene rings is 2. The molecule has 8 nitrogen and oxygen atoms in total. The lowest BCUT2D eigenvalue weighted by molar-refractivity contribution is 0.102. The third-order valence-electron chi connectivity index (χ3n) is 4.40. The zero-order chi connectivity index (χ0) is 23.5. The van der Waals surface area contributed by atoms with E-state index in [0.717, 1.165) is 5.56 Å². The van der Waals surface area contributed by atoms with Crippen LogP contribution in [-0.2, 0) is 10.0 Å². The van der Waals surface area contributed by atoms with Gasteiger partial charge in [-0.05, 0) is 82.1 Å². The number of sulfonamides is 1. The van der Waals surface area contributed by atoms with Crippen molar-refractivity contribution in [2.24, 2.45) is 0 Å².